The van der Waals surface area contributed by atoms with Crippen molar-refractivity contribution in [3.05, 3.63) is 30.1 Å². The van der Waals surface area contributed by atoms with E-state index < -0.39 is 0 Å². The molecule has 1 aromatic heterocycles. The SMILES string of the molecule is Cl.N=C(N)c1ccncc1.O. The topological polar surface area (TPSA) is 94.3 Å². The zero-order valence-corrected chi connectivity index (χ0v) is 6.56. The van der Waals surface area contributed by atoms with Crippen LogP contribution in [0.3, 0.4) is 0 Å². The van der Waals surface area contributed by atoms with E-state index in [4.69, 9.17) is 11.1 Å². The van der Waals surface area contributed by atoms with Gasteiger partial charge in [0.05, 0.1) is 0 Å². The lowest BCUT2D eigenvalue weighted by Gasteiger charge is -1.92. The van der Waals surface area contributed by atoms with Crippen LogP contribution in [0, 0.1) is 5.41 Å². The second-order valence-corrected chi connectivity index (χ2v) is 1.65. The number of nitrogen functional groups attached to an aromatic ring is 1. The number of halogens is 1. The molecule has 0 amide bonds. The number of nitrogens with two attached hydrogens (primary N) is 1. The third-order valence-electron chi connectivity index (χ3n) is 0.991. The highest BCUT2D eigenvalue weighted by Crippen LogP contribution is 1.91. The molecular weight excluding hydrogens is 166 g/mol. The van der Waals surface area contributed by atoms with E-state index in [1.165, 1.54) is 0 Å². The minimum absolute atomic E-state index is 0. The predicted molar refractivity (Wildman–Crippen MR) is 46.1 cm³/mol. The van der Waals surface area contributed by atoms with Gasteiger partial charge in [-0.3, -0.25) is 10.4 Å². The third-order valence-corrected chi connectivity index (χ3v) is 0.991. The highest BCUT2D eigenvalue weighted by molar-refractivity contribution is 5.94. The highest BCUT2D eigenvalue weighted by atomic mass is 35.5. The molecule has 0 aliphatic rings. The molecule has 4 nitrogen and oxygen atoms in total. The summed E-state index contributed by atoms with van der Waals surface area (Å²) in [5, 5.41) is 6.99. The monoisotopic (exact) mass is 175 g/mol. The van der Waals surface area contributed by atoms with E-state index >= 15 is 0 Å². The number of rotatable bonds is 1. The molecule has 0 saturated carbocycles. The van der Waals surface area contributed by atoms with Crippen LogP contribution < -0.4 is 5.73 Å². The maximum Gasteiger partial charge on any atom is 0.122 e. The summed E-state index contributed by atoms with van der Waals surface area (Å²) in [7, 11) is 0. The van der Waals surface area contributed by atoms with Crippen molar-refractivity contribution in [3.8, 4) is 0 Å². The van der Waals surface area contributed by atoms with Gasteiger partial charge in [-0.1, -0.05) is 0 Å². The molecule has 0 spiro atoms. The Hall–Kier alpha value is -1.13. The fraction of sp³-hybridized carbons (Fsp3) is 0. The fourth-order valence-corrected chi connectivity index (χ4v) is 0.531. The standard InChI is InChI=1S/C6H7N3.ClH.H2O/c7-6(8)5-1-3-9-4-2-5;;/h1-4H,(H3,7,8);1H;1H2. The van der Waals surface area contributed by atoms with E-state index in [0.717, 1.165) is 0 Å². The second-order valence-electron chi connectivity index (χ2n) is 1.65. The molecule has 0 saturated heterocycles. The molecule has 0 bridgehead atoms. The van der Waals surface area contributed by atoms with Gasteiger partial charge in [0.15, 0.2) is 0 Å². The average Bonchev–Trinajstić information content (AvgIpc) is 1.90. The van der Waals surface area contributed by atoms with Gasteiger partial charge < -0.3 is 11.2 Å². The number of nitrogens with one attached hydrogen (secondary N) is 1. The second kappa shape index (κ2) is 5.64. The Labute approximate surface area is 70.7 Å². The summed E-state index contributed by atoms with van der Waals surface area (Å²) in [6.45, 7) is 0. The molecular formula is C6H10ClN3O. The molecule has 0 aliphatic heterocycles. The van der Waals surface area contributed by atoms with Gasteiger partial charge in [0.1, 0.15) is 5.84 Å². The number of hydrogen-bond donors (Lipinski definition) is 2. The Morgan fingerprint density at radius 1 is 1.36 bits per heavy atom. The van der Waals surface area contributed by atoms with Crippen LogP contribution in [-0.4, -0.2) is 16.3 Å². The fourth-order valence-electron chi connectivity index (χ4n) is 0.531. The van der Waals surface area contributed by atoms with Gasteiger partial charge in [-0.15, -0.1) is 12.4 Å². The molecule has 1 rings (SSSR count). The Morgan fingerprint density at radius 3 is 2.09 bits per heavy atom. The average molecular weight is 176 g/mol. The smallest absolute Gasteiger partial charge is 0.122 e. The maximum atomic E-state index is 6.99. The molecule has 11 heavy (non-hydrogen) atoms. The van der Waals surface area contributed by atoms with Gasteiger partial charge in [0, 0.05) is 18.0 Å². The van der Waals surface area contributed by atoms with Crippen molar-refractivity contribution in [3.63, 3.8) is 0 Å². The van der Waals surface area contributed by atoms with Crippen LogP contribution in [-0.2, 0) is 0 Å². The summed E-state index contributed by atoms with van der Waals surface area (Å²) in [5.74, 6) is 0.0809. The number of pyridine rings is 1. The first kappa shape index (κ1) is 12.5. The molecule has 0 unspecified atom stereocenters. The summed E-state index contributed by atoms with van der Waals surface area (Å²) in [4.78, 5) is 3.78. The molecule has 5 N–H and O–H groups in total. The van der Waals surface area contributed by atoms with Gasteiger partial charge >= 0.3 is 0 Å². The van der Waals surface area contributed by atoms with E-state index in [1.807, 2.05) is 0 Å². The van der Waals surface area contributed by atoms with Crippen molar-refractivity contribution in [1.29, 1.82) is 5.41 Å². The van der Waals surface area contributed by atoms with Gasteiger partial charge in [-0.2, -0.15) is 0 Å². The van der Waals surface area contributed by atoms with Gasteiger partial charge in [0.25, 0.3) is 0 Å². The maximum absolute atomic E-state index is 6.99. The van der Waals surface area contributed by atoms with Crippen LogP contribution in [0.2, 0.25) is 0 Å². The summed E-state index contributed by atoms with van der Waals surface area (Å²) >= 11 is 0. The lowest BCUT2D eigenvalue weighted by Crippen LogP contribution is -2.10. The number of amidine groups is 1. The first-order valence-corrected chi connectivity index (χ1v) is 2.55. The van der Waals surface area contributed by atoms with Gasteiger partial charge in [0.2, 0.25) is 0 Å². The van der Waals surface area contributed by atoms with Crippen molar-refractivity contribution in [2.24, 2.45) is 5.73 Å². The summed E-state index contributed by atoms with van der Waals surface area (Å²) in [6.07, 6.45) is 3.22. The normalized spacial score (nSPS) is 7.27. The van der Waals surface area contributed by atoms with Crippen molar-refractivity contribution < 1.29 is 5.48 Å². The van der Waals surface area contributed by atoms with Crippen molar-refractivity contribution in [2.75, 3.05) is 0 Å². The van der Waals surface area contributed by atoms with E-state index in [-0.39, 0.29) is 23.7 Å². The molecule has 1 aromatic rings. The van der Waals surface area contributed by atoms with Crippen LogP contribution in [0.15, 0.2) is 24.5 Å². The van der Waals surface area contributed by atoms with Crippen LogP contribution in [0.4, 0.5) is 0 Å². The first-order valence-electron chi connectivity index (χ1n) is 2.55. The Bertz CT molecular complexity index is 214. The lowest BCUT2D eigenvalue weighted by atomic mass is 10.2. The number of hydrogen-bond acceptors (Lipinski definition) is 2. The minimum Gasteiger partial charge on any atom is -0.412 e. The van der Waals surface area contributed by atoms with E-state index in [9.17, 15) is 0 Å². The quantitative estimate of drug-likeness (QED) is 0.463. The lowest BCUT2D eigenvalue weighted by molar-refractivity contribution is 0.824. The zero-order valence-electron chi connectivity index (χ0n) is 5.74. The summed E-state index contributed by atoms with van der Waals surface area (Å²) < 4.78 is 0. The molecule has 62 valence electrons. The largest absolute Gasteiger partial charge is 0.412 e. The molecule has 0 atom stereocenters. The molecule has 0 fully saturated rings. The predicted octanol–water partition coefficient (Wildman–Crippen LogP) is -0.0372. The molecule has 0 radical (unpaired) electrons. The van der Waals surface area contributed by atoms with Crippen molar-refractivity contribution in [2.45, 2.75) is 0 Å². The van der Waals surface area contributed by atoms with E-state index in [2.05, 4.69) is 4.98 Å². The summed E-state index contributed by atoms with van der Waals surface area (Å²) in [5.41, 5.74) is 5.88. The van der Waals surface area contributed by atoms with Crippen LogP contribution in [0.1, 0.15) is 5.56 Å². The van der Waals surface area contributed by atoms with Crippen LogP contribution in [0.5, 0.6) is 0 Å². The Kier molecular flexibility index (Phi) is 6.43. The Balaban J connectivity index is 0. The summed E-state index contributed by atoms with van der Waals surface area (Å²) in [6, 6.07) is 3.39. The van der Waals surface area contributed by atoms with E-state index in [0.29, 0.717) is 5.56 Å². The minimum atomic E-state index is 0. The Morgan fingerprint density at radius 2 is 1.82 bits per heavy atom. The van der Waals surface area contributed by atoms with Gasteiger partial charge in [-0.05, 0) is 12.1 Å². The van der Waals surface area contributed by atoms with Crippen LogP contribution in [0.25, 0.3) is 0 Å². The molecule has 5 heteroatoms. The third kappa shape index (κ3) is 3.54. The van der Waals surface area contributed by atoms with Gasteiger partial charge in [-0.25, -0.2) is 0 Å². The molecule has 1 heterocycles. The van der Waals surface area contributed by atoms with Crippen molar-refractivity contribution >= 4 is 18.2 Å². The van der Waals surface area contributed by atoms with Crippen LogP contribution >= 0.6 is 12.4 Å². The highest BCUT2D eigenvalue weighted by Gasteiger charge is 1.89. The van der Waals surface area contributed by atoms with E-state index in [1.54, 1.807) is 24.5 Å². The molecule has 0 aromatic carbocycles. The number of nitrogens with zero attached hydrogens (tertiary/aromatic N) is 1. The van der Waals surface area contributed by atoms with Crippen molar-refractivity contribution in [1.82, 2.24) is 4.98 Å². The first-order chi connectivity index (χ1) is 4.30. The number of aromatic nitrogens is 1. The zero-order chi connectivity index (χ0) is 6.69. The molecule has 0 aliphatic carbocycles.